The third-order valence-corrected chi connectivity index (χ3v) is 4.15. The van der Waals surface area contributed by atoms with E-state index in [-0.39, 0.29) is 0 Å². The Balaban J connectivity index is 3.79. The molecule has 0 saturated carbocycles. The molecule has 0 radical (unpaired) electrons. The molecule has 3 nitrogen and oxygen atoms in total. The van der Waals surface area contributed by atoms with Crippen molar-refractivity contribution in [2.75, 3.05) is 12.3 Å². The molecule has 0 heterocycles. The molecule has 74 valence electrons. The minimum atomic E-state index is -2.68. The van der Waals surface area contributed by atoms with Crippen molar-refractivity contribution in [1.82, 2.24) is 0 Å². The Bertz CT molecular complexity index is 135. The first-order chi connectivity index (χ1) is 5.68. The average molecular weight is 194 g/mol. The molecule has 4 heteroatoms. The van der Waals surface area contributed by atoms with E-state index in [1.54, 1.807) is 0 Å². The monoisotopic (exact) mass is 194 g/mol. The Kier molecular flexibility index (Phi) is 6.73. The summed E-state index contributed by atoms with van der Waals surface area (Å²) in [6.45, 7) is 4.06. The van der Waals surface area contributed by atoms with Gasteiger partial charge >= 0.3 is 0 Å². The molecule has 0 atom stereocenters. The summed E-state index contributed by atoms with van der Waals surface area (Å²) in [5, 5.41) is 8.48. The van der Waals surface area contributed by atoms with Crippen LogP contribution in [0.15, 0.2) is 0 Å². The van der Waals surface area contributed by atoms with Gasteiger partial charge in [-0.3, -0.25) is 4.57 Å². The van der Waals surface area contributed by atoms with E-state index in [0.29, 0.717) is 12.3 Å². The fraction of sp³-hybridized carbons (Fsp3) is 1.00. The molecule has 0 rings (SSSR count). The van der Waals surface area contributed by atoms with Crippen molar-refractivity contribution in [3.8, 4) is 0 Å². The molecule has 0 aliphatic carbocycles. The van der Waals surface area contributed by atoms with Crippen molar-refractivity contribution < 1.29 is 14.5 Å². The first-order valence-corrected chi connectivity index (χ1v) is 6.59. The van der Waals surface area contributed by atoms with Crippen LogP contribution in [0.4, 0.5) is 0 Å². The van der Waals surface area contributed by atoms with Crippen molar-refractivity contribution in [2.24, 2.45) is 0 Å². The van der Waals surface area contributed by atoms with Crippen molar-refractivity contribution in [1.29, 1.82) is 0 Å². The largest absolute Gasteiger partial charge is 0.290 e. The standard InChI is InChI=1S/C8H19O3P/c1-3-5-7-12(10,11-9)8-6-4-2/h9H,3-8H2,1-2H3. The highest BCUT2D eigenvalue weighted by molar-refractivity contribution is 7.58. The van der Waals surface area contributed by atoms with Crippen molar-refractivity contribution in [3.05, 3.63) is 0 Å². The third-order valence-electron chi connectivity index (χ3n) is 1.85. The SMILES string of the molecule is CCCCP(=O)(CCCC)OO. The van der Waals surface area contributed by atoms with E-state index < -0.39 is 7.37 Å². The molecule has 0 aliphatic rings. The number of rotatable bonds is 7. The van der Waals surface area contributed by atoms with Crippen LogP contribution in [-0.2, 0) is 9.24 Å². The molecule has 0 bridgehead atoms. The Labute approximate surface area is 74.5 Å². The number of hydrogen-bond donors (Lipinski definition) is 1. The van der Waals surface area contributed by atoms with Crippen LogP contribution in [0, 0.1) is 0 Å². The van der Waals surface area contributed by atoms with Crippen molar-refractivity contribution >= 4 is 7.37 Å². The summed E-state index contributed by atoms with van der Waals surface area (Å²) in [5.74, 6) is 0. The summed E-state index contributed by atoms with van der Waals surface area (Å²) >= 11 is 0. The van der Waals surface area contributed by atoms with Gasteiger partial charge in [-0.05, 0) is 12.8 Å². The van der Waals surface area contributed by atoms with Crippen LogP contribution in [0.3, 0.4) is 0 Å². The van der Waals surface area contributed by atoms with Gasteiger partial charge in [-0.15, -0.1) is 0 Å². The van der Waals surface area contributed by atoms with Crippen LogP contribution >= 0.6 is 7.37 Å². The van der Waals surface area contributed by atoms with E-state index in [4.69, 9.17) is 5.26 Å². The highest BCUT2D eigenvalue weighted by atomic mass is 31.2. The Morgan fingerprint density at radius 1 is 1.17 bits per heavy atom. The van der Waals surface area contributed by atoms with E-state index in [0.717, 1.165) is 25.7 Å². The van der Waals surface area contributed by atoms with E-state index in [1.807, 2.05) is 13.8 Å². The zero-order chi connectivity index (χ0) is 9.45. The van der Waals surface area contributed by atoms with Gasteiger partial charge in [-0.25, -0.2) is 5.26 Å². The molecule has 12 heavy (non-hydrogen) atoms. The predicted molar refractivity (Wildman–Crippen MR) is 50.9 cm³/mol. The molecule has 0 aromatic carbocycles. The summed E-state index contributed by atoms with van der Waals surface area (Å²) < 4.78 is 15.7. The summed E-state index contributed by atoms with van der Waals surface area (Å²) in [6.07, 6.45) is 4.72. The number of unbranched alkanes of at least 4 members (excludes halogenated alkanes) is 2. The number of hydrogen-bond acceptors (Lipinski definition) is 3. The maximum absolute atomic E-state index is 11.6. The molecule has 0 aliphatic heterocycles. The zero-order valence-corrected chi connectivity index (χ0v) is 8.85. The van der Waals surface area contributed by atoms with Crippen LogP contribution in [0.1, 0.15) is 39.5 Å². The van der Waals surface area contributed by atoms with Crippen LogP contribution in [0.2, 0.25) is 0 Å². The van der Waals surface area contributed by atoms with Crippen LogP contribution in [0.5, 0.6) is 0 Å². The molecular formula is C8H19O3P. The van der Waals surface area contributed by atoms with Gasteiger partial charge in [0.25, 0.3) is 0 Å². The molecular weight excluding hydrogens is 175 g/mol. The van der Waals surface area contributed by atoms with Crippen LogP contribution in [-0.4, -0.2) is 17.6 Å². The lowest BCUT2D eigenvalue weighted by atomic mass is 10.4. The third kappa shape index (κ3) is 4.91. The Morgan fingerprint density at radius 2 is 1.58 bits per heavy atom. The molecule has 0 unspecified atom stereocenters. The second kappa shape index (κ2) is 6.64. The van der Waals surface area contributed by atoms with Gasteiger partial charge in [0.1, 0.15) is 0 Å². The van der Waals surface area contributed by atoms with Gasteiger partial charge in [-0.2, -0.15) is 4.67 Å². The molecule has 0 aromatic heterocycles. The van der Waals surface area contributed by atoms with Gasteiger partial charge in [-0.1, -0.05) is 26.7 Å². The summed E-state index contributed by atoms with van der Waals surface area (Å²) in [7, 11) is -2.68. The minimum absolute atomic E-state index is 0.514. The summed E-state index contributed by atoms with van der Waals surface area (Å²) in [4.78, 5) is 0. The lowest BCUT2D eigenvalue weighted by molar-refractivity contribution is -0.135. The van der Waals surface area contributed by atoms with E-state index in [2.05, 4.69) is 4.67 Å². The quantitative estimate of drug-likeness (QED) is 0.384. The Hall–Kier alpha value is 0.150. The second-order valence-corrected chi connectivity index (χ2v) is 5.74. The zero-order valence-electron chi connectivity index (χ0n) is 7.95. The van der Waals surface area contributed by atoms with Crippen LogP contribution in [0.25, 0.3) is 0 Å². The van der Waals surface area contributed by atoms with Crippen molar-refractivity contribution in [3.63, 3.8) is 0 Å². The van der Waals surface area contributed by atoms with Gasteiger partial charge in [0, 0.05) is 12.3 Å². The lowest BCUT2D eigenvalue weighted by Gasteiger charge is -2.12. The van der Waals surface area contributed by atoms with Crippen molar-refractivity contribution in [2.45, 2.75) is 39.5 Å². The molecule has 0 fully saturated rings. The lowest BCUT2D eigenvalue weighted by Crippen LogP contribution is -1.97. The highest BCUT2D eigenvalue weighted by Crippen LogP contribution is 2.47. The summed E-state index contributed by atoms with van der Waals surface area (Å²) in [6, 6.07) is 0. The van der Waals surface area contributed by atoms with Gasteiger partial charge in [0.15, 0.2) is 0 Å². The fourth-order valence-electron chi connectivity index (χ4n) is 0.991. The molecule has 0 aromatic rings. The summed E-state index contributed by atoms with van der Waals surface area (Å²) in [5.41, 5.74) is 0. The van der Waals surface area contributed by atoms with Crippen LogP contribution < -0.4 is 0 Å². The average Bonchev–Trinajstić information content (AvgIpc) is 2.11. The normalized spacial score (nSPS) is 11.9. The van der Waals surface area contributed by atoms with E-state index in [9.17, 15) is 4.57 Å². The van der Waals surface area contributed by atoms with Gasteiger partial charge in [0.2, 0.25) is 7.37 Å². The minimum Gasteiger partial charge on any atom is -0.290 e. The topological polar surface area (TPSA) is 46.5 Å². The van der Waals surface area contributed by atoms with Gasteiger partial charge < -0.3 is 0 Å². The fourth-order valence-corrected chi connectivity index (χ4v) is 2.97. The maximum atomic E-state index is 11.6. The molecule has 0 amide bonds. The second-order valence-electron chi connectivity index (χ2n) is 3.05. The molecule has 0 spiro atoms. The predicted octanol–water partition coefficient (Wildman–Crippen LogP) is 3.35. The molecule has 1 N–H and O–H groups in total. The molecule has 0 saturated heterocycles. The van der Waals surface area contributed by atoms with Gasteiger partial charge in [0.05, 0.1) is 0 Å². The maximum Gasteiger partial charge on any atom is 0.235 e. The van der Waals surface area contributed by atoms with E-state index >= 15 is 0 Å². The smallest absolute Gasteiger partial charge is 0.235 e. The first kappa shape index (κ1) is 12.2. The van der Waals surface area contributed by atoms with E-state index in [1.165, 1.54) is 0 Å². The Morgan fingerprint density at radius 3 is 1.83 bits per heavy atom. The highest BCUT2D eigenvalue weighted by Gasteiger charge is 2.21. The first-order valence-electron chi connectivity index (χ1n) is 4.59.